The minimum Gasteiger partial charge on any atom is -0.354 e. The molecule has 0 aliphatic heterocycles. The van der Waals surface area contributed by atoms with Gasteiger partial charge in [-0.25, -0.2) is 9.07 Å². The molecule has 4 rings (SSSR count). The van der Waals surface area contributed by atoms with E-state index in [1.54, 1.807) is 12.1 Å². The molecule has 0 spiro atoms. The number of fused-ring (bicyclic) bond motifs is 1. The van der Waals surface area contributed by atoms with Crippen LogP contribution < -0.4 is 10.2 Å². The quantitative estimate of drug-likeness (QED) is 0.345. The standard InChI is InChI=1S/C29H32FN5O2/c1-19(2)15-16-31-29(37)28(22-10-12-23(30)13-11-22)35(25-14-9-20(3)17-21(25)4)27(36)18-34-26-8-6-5-7-24(26)32-33-34/h5-14,17,19,28H,15-16,18H2,1-4H3,(H,31,37)/t28-/m1/s1. The lowest BCUT2D eigenvalue weighted by Crippen LogP contribution is -2.46. The molecule has 4 aromatic rings. The number of benzene rings is 3. The Bertz CT molecular complexity index is 1400. The fourth-order valence-corrected chi connectivity index (χ4v) is 4.38. The Hall–Kier alpha value is -4.07. The van der Waals surface area contributed by atoms with E-state index in [2.05, 4.69) is 29.5 Å². The average Bonchev–Trinajstić information content (AvgIpc) is 3.26. The number of halogens is 1. The lowest BCUT2D eigenvalue weighted by molar-refractivity contribution is -0.127. The summed E-state index contributed by atoms with van der Waals surface area (Å²) in [5.74, 6) is -0.677. The van der Waals surface area contributed by atoms with E-state index in [-0.39, 0.29) is 18.4 Å². The number of para-hydroxylation sites is 1. The van der Waals surface area contributed by atoms with Gasteiger partial charge < -0.3 is 5.32 Å². The molecule has 8 heteroatoms. The van der Waals surface area contributed by atoms with Crippen LogP contribution in [0.15, 0.2) is 66.7 Å². The van der Waals surface area contributed by atoms with Crippen molar-refractivity contribution in [1.29, 1.82) is 0 Å². The van der Waals surface area contributed by atoms with Crippen LogP contribution in [0.4, 0.5) is 10.1 Å². The van der Waals surface area contributed by atoms with Crippen LogP contribution in [0.2, 0.25) is 0 Å². The summed E-state index contributed by atoms with van der Waals surface area (Å²) in [5.41, 5.74) is 4.40. The van der Waals surface area contributed by atoms with Crippen LogP contribution in [-0.2, 0) is 16.1 Å². The molecule has 1 atom stereocenters. The van der Waals surface area contributed by atoms with Crippen LogP contribution in [0.5, 0.6) is 0 Å². The first-order chi connectivity index (χ1) is 17.7. The molecule has 0 bridgehead atoms. The highest BCUT2D eigenvalue weighted by atomic mass is 19.1. The monoisotopic (exact) mass is 501 g/mol. The molecule has 0 radical (unpaired) electrons. The van der Waals surface area contributed by atoms with Gasteiger partial charge in [-0.1, -0.05) is 61.0 Å². The van der Waals surface area contributed by atoms with E-state index < -0.39 is 11.9 Å². The van der Waals surface area contributed by atoms with Gasteiger partial charge in [0.15, 0.2) is 0 Å². The van der Waals surface area contributed by atoms with Crippen LogP contribution in [0.3, 0.4) is 0 Å². The maximum absolute atomic E-state index is 14.0. The van der Waals surface area contributed by atoms with Gasteiger partial charge in [-0.3, -0.25) is 14.5 Å². The average molecular weight is 502 g/mol. The van der Waals surface area contributed by atoms with E-state index in [0.29, 0.717) is 29.2 Å². The van der Waals surface area contributed by atoms with Gasteiger partial charge >= 0.3 is 0 Å². The maximum atomic E-state index is 14.0. The van der Waals surface area contributed by atoms with Gasteiger partial charge in [-0.15, -0.1) is 5.10 Å². The molecule has 0 fully saturated rings. The van der Waals surface area contributed by atoms with Gasteiger partial charge in [-0.05, 0) is 67.6 Å². The number of nitrogens with one attached hydrogen (secondary N) is 1. The molecular weight excluding hydrogens is 469 g/mol. The number of nitrogens with zero attached hydrogens (tertiary/aromatic N) is 4. The Balaban J connectivity index is 1.79. The van der Waals surface area contributed by atoms with E-state index in [1.807, 2.05) is 56.3 Å². The number of anilines is 1. The molecule has 37 heavy (non-hydrogen) atoms. The highest BCUT2D eigenvalue weighted by Gasteiger charge is 2.34. The fourth-order valence-electron chi connectivity index (χ4n) is 4.38. The Labute approximate surface area is 216 Å². The largest absolute Gasteiger partial charge is 0.354 e. The summed E-state index contributed by atoms with van der Waals surface area (Å²) in [5, 5.41) is 11.3. The van der Waals surface area contributed by atoms with Crippen LogP contribution in [-0.4, -0.2) is 33.4 Å². The highest BCUT2D eigenvalue weighted by Crippen LogP contribution is 2.32. The predicted molar refractivity (Wildman–Crippen MR) is 143 cm³/mol. The second kappa shape index (κ2) is 11.3. The molecule has 1 N–H and O–H groups in total. The lowest BCUT2D eigenvalue weighted by Gasteiger charge is -2.33. The maximum Gasteiger partial charge on any atom is 0.249 e. The highest BCUT2D eigenvalue weighted by molar-refractivity contribution is 6.02. The Kier molecular flexibility index (Phi) is 7.96. The van der Waals surface area contributed by atoms with E-state index >= 15 is 0 Å². The molecule has 2 amide bonds. The number of hydrogen-bond donors (Lipinski definition) is 1. The minimum atomic E-state index is -1.00. The van der Waals surface area contributed by atoms with Crippen LogP contribution in [0.1, 0.15) is 43.0 Å². The van der Waals surface area contributed by atoms with Crippen LogP contribution >= 0.6 is 0 Å². The summed E-state index contributed by atoms with van der Waals surface area (Å²) in [6.07, 6.45) is 0.796. The molecule has 0 saturated carbocycles. The molecule has 0 aliphatic rings. The third kappa shape index (κ3) is 6.02. The van der Waals surface area contributed by atoms with Crippen molar-refractivity contribution in [2.45, 2.75) is 46.7 Å². The van der Waals surface area contributed by atoms with Crippen molar-refractivity contribution in [3.63, 3.8) is 0 Å². The number of rotatable bonds is 9. The number of aromatic nitrogens is 3. The first-order valence-corrected chi connectivity index (χ1v) is 12.5. The lowest BCUT2D eigenvalue weighted by atomic mass is 10.0. The summed E-state index contributed by atoms with van der Waals surface area (Å²) in [6, 6.07) is 17.8. The molecule has 0 unspecified atom stereocenters. The molecule has 1 heterocycles. The molecule has 1 aromatic heterocycles. The Morgan fingerprint density at radius 2 is 1.76 bits per heavy atom. The van der Waals surface area contributed by atoms with E-state index in [9.17, 15) is 14.0 Å². The van der Waals surface area contributed by atoms with Crippen molar-refractivity contribution in [3.8, 4) is 0 Å². The Morgan fingerprint density at radius 1 is 1.03 bits per heavy atom. The van der Waals surface area contributed by atoms with Gasteiger partial charge in [-0.2, -0.15) is 0 Å². The van der Waals surface area contributed by atoms with E-state index in [0.717, 1.165) is 23.1 Å². The van der Waals surface area contributed by atoms with Gasteiger partial charge in [0.2, 0.25) is 11.8 Å². The summed E-state index contributed by atoms with van der Waals surface area (Å²) in [7, 11) is 0. The van der Waals surface area contributed by atoms with E-state index in [1.165, 1.54) is 21.7 Å². The van der Waals surface area contributed by atoms with Gasteiger partial charge in [0, 0.05) is 12.2 Å². The smallest absolute Gasteiger partial charge is 0.249 e. The minimum absolute atomic E-state index is 0.120. The molecule has 3 aromatic carbocycles. The normalized spacial score (nSPS) is 12.1. The fraction of sp³-hybridized carbons (Fsp3) is 0.310. The second-order valence-electron chi connectivity index (χ2n) is 9.72. The number of carbonyl (C=O) groups is 2. The van der Waals surface area contributed by atoms with Crippen LogP contribution in [0, 0.1) is 25.6 Å². The first-order valence-electron chi connectivity index (χ1n) is 12.5. The zero-order valence-electron chi connectivity index (χ0n) is 21.6. The second-order valence-corrected chi connectivity index (χ2v) is 9.72. The van der Waals surface area contributed by atoms with Crippen molar-refractivity contribution in [2.24, 2.45) is 5.92 Å². The van der Waals surface area contributed by atoms with Crippen molar-refractivity contribution < 1.29 is 14.0 Å². The molecule has 0 aliphatic carbocycles. The first kappa shape index (κ1) is 26.0. The van der Waals surface area contributed by atoms with Gasteiger partial charge in [0.25, 0.3) is 0 Å². The topological polar surface area (TPSA) is 80.1 Å². The third-order valence-electron chi connectivity index (χ3n) is 6.30. The number of hydrogen-bond acceptors (Lipinski definition) is 4. The van der Waals surface area contributed by atoms with Gasteiger partial charge in [0.05, 0.1) is 5.52 Å². The van der Waals surface area contributed by atoms with Gasteiger partial charge in [0.1, 0.15) is 23.9 Å². The van der Waals surface area contributed by atoms with Crippen molar-refractivity contribution in [3.05, 3.63) is 89.2 Å². The summed E-state index contributed by atoms with van der Waals surface area (Å²) in [6.45, 7) is 8.39. The Morgan fingerprint density at radius 3 is 2.46 bits per heavy atom. The van der Waals surface area contributed by atoms with Crippen molar-refractivity contribution in [2.75, 3.05) is 11.4 Å². The SMILES string of the molecule is Cc1ccc(N(C(=O)Cn2nnc3ccccc32)[C@@H](C(=O)NCCC(C)C)c2ccc(F)cc2)c(C)c1. The number of amides is 2. The molecule has 192 valence electrons. The predicted octanol–water partition coefficient (Wildman–Crippen LogP) is 5.12. The van der Waals surface area contributed by atoms with E-state index in [4.69, 9.17) is 0 Å². The van der Waals surface area contributed by atoms with Crippen LogP contribution in [0.25, 0.3) is 11.0 Å². The van der Waals surface area contributed by atoms with Crippen molar-refractivity contribution in [1.82, 2.24) is 20.3 Å². The molecule has 7 nitrogen and oxygen atoms in total. The van der Waals surface area contributed by atoms with Crippen molar-refractivity contribution >= 4 is 28.5 Å². The summed E-state index contributed by atoms with van der Waals surface area (Å²) >= 11 is 0. The molecule has 0 saturated heterocycles. The number of carbonyl (C=O) groups excluding carboxylic acids is 2. The molecular formula is C29H32FN5O2. The summed E-state index contributed by atoms with van der Waals surface area (Å²) < 4.78 is 15.4. The summed E-state index contributed by atoms with van der Waals surface area (Å²) in [4.78, 5) is 29.2. The zero-order valence-corrected chi connectivity index (χ0v) is 21.6. The number of aryl methyl sites for hydroxylation is 2. The third-order valence-corrected chi connectivity index (χ3v) is 6.30. The zero-order chi connectivity index (χ0) is 26.5.